The second kappa shape index (κ2) is 5.69. The molecule has 0 saturated carbocycles. The summed E-state index contributed by atoms with van der Waals surface area (Å²) in [6, 6.07) is 5.89. The molecule has 0 saturated heterocycles. The van der Waals surface area contributed by atoms with Crippen LogP contribution in [0.1, 0.15) is 16.8 Å². The van der Waals surface area contributed by atoms with Gasteiger partial charge in [-0.05, 0) is 54.9 Å². The van der Waals surface area contributed by atoms with Gasteiger partial charge in [0.25, 0.3) is 0 Å². The zero-order valence-corrected chi connectivity index (χ0v) is 11.8. The van der Waals surface area contributed by atoms with E-state index >= 15 is 0 Å². The lowest BCUT2D eigenvalue weighted by Crippen LogP contribution is -1.99. The number of aryl methyl sites for hydroxylation is 2. The number of nitrogens with two attached hydrogens (primary N) is 1. The number of hydrogen-bond donors (Lipinski definition) is 1. The second-order valence-corrected chi connectivity index (χ2v) is 5.41. The molecule has 2 aromatic rings. The van der Waals surface area contributed by atoms with Crippen LogP contribution in [0.3, 0.4) is 0 Å². The topological polar surface area (TPSA) is 51.8 Å². The van der Waals surface area contributed by atoms with Crippen molar-refractivity contribution in [3.8, 4) is 0 Å². The molecule has 0 amide bonds. The Labute approximate surface area is 116 Å². The van der Waals surface area contributed by atoms with Crippen LogP contribution in [-0.2, 0) is 6.54 Å². The van der Waals surface area contributed by atoms with Crippen molar-refractivity contribution in [2.45, 2.75) is 30.4 Å². The molecule has 0 aromatic carbocycles. The van der Waals surface area contributed by atoms with E-state index in [4.69, 9.17) is 17.3 Å². The molecule has 2 aromatic heterocycles. The minimum Gasteiger partial charge on any atom is -0.326 e. The number of aromatic nitrogens is 2. The Kier molecular flexibility index (Phi) is 4.22. The van der Waals surface area contributed by atoms with Gasteiger partial charge < -0.3 is 5.73 Å². The second-order valence-electron chi connectivity index (χ2n) is 4.02. The summed E-state index contributed by atoms with van der Waals surface area (Å²) in [6.07, 6.45) is 1.72. The molecule has 94 valence electrons. The molecule has 0 atom stereocenters. The quantitative estimate of drug-likeness (QED) is 0.936. The number of rotatable bonds is 3. The molecular weight excluding hydrogens is 266 g/mol. The maximum atomic E-state index is 6.25. The summed E-state index contributed by atoms with van der Waals surface area (Å²) in [5, 5.41) is 2.26. The number of pyridine rings is 2. The van der Waals surface area contributed by atoms with Crippen LogP contribution in [-0.4, -0.2) is 9.97 Å². The van der Waals surface area contributed by atoms with E-state index in [0.717, 1.165) is 21.3 Å². The van der Waals surface area contributed by atoms with Gasteiger partial charge in [-0.2, -0.15) is 0 Å². The van der Waals surface area contributed by atoms with Gasteiger partial charge in [-0.25, -0.2) is 9.97 Å². The largest absolute Gasteiger partial charge is 0.326 e. The molecular formula is C13H14ClN3S. The van der Waals surface area contributed by atoms with Crippen molar-refractivity contribution in [3.63, 3.8) is 0 Å². The van der Waals surface area contributed by atoms with Gasteiger partial charge in [-0.1, -0.05) is 11.6 Å². The first-order valence-electron chi connectivity index (χ1n) is 5.56. The average molecular weight is 280 g/mol. The van der Waals surface area contributed by atoms with Gasteiger partial charge in [0.05, 0.1) is 5.02 Å². The minimum atomic E-state index is 0.412. The molecule has 2 rings (SSSR count). The SMILES string of the molecule is Cc1cc(C)nc(Sc2nccc(CN)c2Cl)c1. The van der Waals surface area contributed by atoms with Crippen LogP contribution >= 0.6 is 23.4 Å². The molecule has 0 radical (unpaired) electrons. The van der Waals surface area contributed by atoms with Crippen LogP contribution in [0.5, 0.6) is 0 Å². The first kappa shape index (κ1) is 13.3. The van der Waals surface area contributed by atoms with E-state index in [-0.39, 0.29) is 0 Å². The van der Waals surface area contributed by atoms with E-state index in [1.165, 1.54) is 17.3 Å². The molecule has 0 aliphatic carbocycles. The molecule has 0 fully saturated rings. The van der Waals surface area contributed by atoms with E-state index in [1.807, 2.05) is 32.0 Å². The lowest BCUT2D eigenvalue weighted by atomic mass is 10.3. The summed E-state index contributed by atoms with van der Waals surface area (Å²) in [4.78, 5) is 8.74. The highest BCUT2D eigenvalue weighted by Gasteiger charge is 2.09. The summed E-state index contributed by atoms with van der Waals surface area (Å²) in [5.41, 5.74) is 8.69. The highest BCUT2D eigenvalue weighted by atomic mass is 35.5. The van der Waals surface area contributed by atoms with Gasteiger partial charge >= 0.3 is 0 Å². The Balaban J connectivity index is 2.34. The molecule has 2 N–H and O–H groups in total. The van der Waals surface area contributed by atoms with E-state index in [9.17, 15) is 0 Å². The molecule has 3 nitrogen and oxygen atoms in total. The maximum Gasteiger partial charge on any atom is 0.121 e. The van der Waals surface area contributed by atoms with Crippen LogP contribution in [0, 0.1) is 13.8 Å². The van der Waals surface area contributed by atoms with Gasteiger partial charge in [-0.3, -0.25) is 0 Å². The van der Waals surface area contributed by atoms with Gasteiger partial charge in [-0.15, -0.1) is 0 Å². The van der Waals surface area contributed by atoms with Crippen molar-refractivity contribution < 1.29 is 0 Å². The summed E-state index contributed by atoms with van der Waals surface area (Å²) < 4.78 is 0. The highest BCUT2D eigenvalue weighted by Crippen LogP contribution is 2.32. The van der Waals surface area contributed by atoms with E-state index in [2.05, 4.69) is 9.97 Å². The van der Waals surface area contributed by atoms with Crippen LogP contribution < -0.4 is 5.73 Å². The first-order valence-corrected chi connectivity index (χ1v) is 6.76. The predicted octanol–water partition coefficient (Wildman–Crippen LogP) is 3.36. The Morgan fingerprint density at radius 2 is 2.11 bits per heavy atom. The Morgan fingerprint density at radius 1 is 1.33 bits per heavy atom. The Morgan fingerprint density at radius 3 is 2.78 bits per heavy atom. The third-order valence-electron chi connectivity index (χ3n) is 2.43. The number of halogens is 1. The molecule has 0 aliphatic rings. The fourth-order valence-electron chi connectivity index (χ4n) is 1.65. The summed E-state index contributed by atoms with van der Waals surface area (Å²) >= 11 is 7.71. The van der Waals surface area contributed by atoms with Crippen molar-refractivity contribution in [1.29, 1.82) is 0 Å². The Bertz CT molecular complexity index is 552. The van der Waals surface area contributed by atoms with Crippen molar-refractivity contribution >= 4 is 23.4 Å². The van der Waals surface area contributed by atoms with Gasteiger partial charge in [0.2, 0.25) is 0 Å². The predicted molar refractivity (Wildman–Crippen MR) is 75.0 cm³/mol. The standard InChI is InChI=1S/C13H14ClN3S/c1-8-5-9(2)17-11(6-8)18-13-12(14)10(7-15)3-4-16-13/h3-6H,7,15H2,1-2H3. The smallest absolute Gasteiger partial charge is 0.121 e. The van der Waals surface area contributed by atoms with Gasteiger partial charge in [0, 0.05) is 18.4 Å². The number of hydrogen-bond acceptors (Lipinski definition) is 4. The lowest BCUT2D eigenvalue weighted by Gasteiger charge is -2.07. The first-order chi connectivity index (χ1) is 8.60. The third kappa shape index (κ3) is 3.02. The fourth-order valence-corrected chi connectivity index (χ4v) is 2.92. The van der Waals surface area contributed by atoms with Crippen LogP contribution in [0.25, 0.3) is 0 Å². The zero-order chi connectivity index (χ0) is 13.1. The molecule has 5 heteroatoms. The average Bonchev–Trinajstić information content (AvgIpc) is 2.30. The zero-order valence-electron chi connectivity index (χ0n) is 10.3. The summed E-state index contributed by atoms with van der Waals surface area (Å²) in [6.45, 7) is 4.43. The summed E-state index contributed by atoms with van der Waals surface area (Å²) in [5.74, 6) is 0. The van der Waals surface area contributed by atoms with Crippen molar-refractivity contribution in [2.75, 3.05) is 0 Å². The lowest BCUT2D eigenvalue weighted by molar-refractivity contribution is 1.01. The Hall–Kier alpha value is -1.10. The molecule has 0 spiro atoms. The normalized spacial score (nSPS) is 10.7. The fraction of sp³-hybridized carbons (Fsp3) is 0.231. The maximum absolute atomic E-state index is 6.25. The van der Waals surface area contributed by atoms with Crippen molar-refractivity contribution in [3.05, 3.63) is 46.2 Å². The third-order valence-corrected chi connectivity index (χ3v) is 3.89. The highest BCUT2D eigenvalue weighted by molar-refractivity contribution is 7.99. The minimum absolute atomic E-state index is 0.412. The molecule has 18 heavy (non-hydrogen) atoms. The number of nitrogens with zero attached hydrogens (tertiary/aromatic N) is 2. The molecule has 0 bridgehead atoms. The van der Waals surface area contributed by atoms with Crippen LogP contribution in [0.15, 0.2) is 34.4 Å². The molecule has 0 unspecified atom stereocenters. The van der Waals surface area contributed by atoms with Gasteiger partial charge in [0.1, 0.15) is 10.1 Å². The molecule has 0 aliphatic heterocycles. The van der Waals surface area contributed by atoms with Crippen molar-refractivity contribution in [1.82, 2.24) is 9.97 Å². The van der Waals surface area contributed by atoms with E-state index < -0.39 is 0 Å². The van der Waals surface area contributed by atoms with Crippen LogP contribution in [0.4, 0.5) is 0 Å². The summed E-state index contributed by atoms with van der Waals surface area (Å²) in [7, 11) is 0. The molecule has 2 heterocycles. The van der Waals surface area contributed by atoms with Gasteiger partial charge in [0.15, 0.2) is 0 Å². The van der Waals surface area contributed by atoms with Crippen molar-refractivity contribution in [2.24, 2.45) is 5.73 Å². The van der Waals surface area contributed by atoms with Crippen LogP contribution in [0.2, 0.25) is 5.02 Å². The monoisotopic (exact) mass is 279 g/mol. The van der Waals surface area contributed by atoms with E-state index in [0.29, 0.717) is 11.6 Å². The van der Waals surface area contributed by atoms with E-state index in [1.54, 1.807) is 6.20 Å².